The van der Waals surface area contributed by atoms with Crippen LogP contribution in [0.4, 0.5) is 5.69 Å². The molecule has 0 aliphatic rings. The molecule has 0 saturated carbocycles. The fraction of sp³-hybridized carbons (Fsp3) is 0.438. The van der Waals surface area contributed by atoms with Crippen LogP contribution < -0.4 is 5.32 Å². The average Bonchev–Trinajstić information content (AvgIpc) is 2.82. The number of carbonyl (C=O) groups is 1. The van der Waals surface area contributed by atoms with Gasteiger partial charge in [-0.3, -0.25) is 4.79 Å². The lowest BCUT2D eigenvalue weighted by atomic mass is 10.1. The van der Waals surface area contributed by atoms with Gasteiger partial charge in [-0.25, -0.2) is 0 Å². The first kappa shape index (κ1) is 16.5. The van der Waals surface area contributed by atoms with E-state index in [0.717, 1.165) is 16.7 Å². The minimum Gasteiger partial charge on any atom is -0.325 e. The number of aromatic nitrogens is 3. The highest BCUT2D eigenvalue weighted by Crippen LogP contribution is 2.20. The molecule has 6 heteroatoms. The number of aryl methyl sites for hydroxylation is 2. The fourth-order valence-corrected chi connectivity index (χ4v) is 2.82. The van der Waals surface area contributed by atoms with E-state index in [4.69, 9.17) is 0 Å². The third-order valence-electron chi connectivity index (χ3n) is 3.51. The second kappa shape index (κ2) is 6.96. The summed E-state index contributed by atoms with van der Waals surface area (Å²) in [5.74, 6) is 1.52. The van der Waals surface area contributed by atoms with E-state index in [-0.39, 0.29) is 5.91 Å². The van der Waals surface area contributed by atoms with E-state index in [0.29, 0.717) is 11.7 Å². The lowest BCUT2D eigenvalue weighted by molar-refractivity contribution is -0.113. The van der Waals surface area contributed by atoms with Crippen LogP contribution in [0, 0.1) is 13.8 Å². The van der Waals surface area contributed by atoms with Crippen LogP contribution in [0.15, 0.2) is 23.4 Å². The summed E-state index contributed by atoms with van der Waals surface area (Å²) < 4.78 is 1.94. The highest BCUT2D eigenvalue weighted by atomic mass is 32.2. The van der Waals surface area contributed by atoms with Crippen molar-refractivity contribution < 1.29 is 4.79 Å². The van der Waals surface area contributed by atoms with Gasteiger partial charge < -0.3 is 9.88 Å². The van der Waals surface area contributed by atoms with Gasteiger partial charge in [0.05, 0.1) is 5.75 Å². The van der Waals surface area contributed by atoms with Gasteiger partial charge in [-0.2, -0.15) is 0 Å². The molecule has 1 N–H and O–H groups in total. The molecule has 0 atom stereocenters. The molecular weight excluding hydrogens is 296 g/mol. The molecule has 5 nitrogen and oxygen atoms in total. The monoisotopic (exact) mass is 318 g/mol. The summed E-state index contributed by atoms with van der Waals surface area (Å²) in [7, 11) is 1.93. The zero-order chi connectivity index (χ0) is 16.3. The molecule has 0 radical (unpaired) electrons. The van der Waals surface area contributed by atoms with Crippen molar-refractivity contribution in [3.63, 3.8) is 0 Å². The third kappa shape index (κ3) is 3.88. The Labute approximate surface area is 135 Å². The lowest BCUT2D eigenvalue weighted by Crippen LogP contribution is -2.14. The average molecular weight is 318 g/mol. The molecule has 0 bridgehead atoms. The van der Waals surface area contributed by atoms with Crippen LogP contribution in [0.3, 0.4) is 0 Å². The molecule has 1 aromatic carbocycles. The van der Waals surface area contributed by atoms with Crippen LogP contribution in [0.25, 0.3) is 0 Å². The Kier molecular flexibility index (Phi) is 5.24. The predicted octanol–water partition coefficient (Wildman–Crippen LogP) is 3.29. The van der Waals surface area contributed by atoms with E-state index < -0.39 is 0 Å². The van der Waals surface area contributed by atoms with E-state index in [2.05, 4.69) is 36.3 Å². The number of rotatable bonds is 5. The van der Waals surface area contributed by atoms with E-state index in [1.165, 1.54) is 22.9 Å². The highest BCUT2D eigenvalue weighted by Gasteiger charge is 2.13. The van der Waals surface area contributed by atoms with Crippen molar-refractivity contribution in [3.8, 4) is 0 Å². The summed E-state index contributed by atoms with van der Waals surface area (Å²) in [4.78, 5) is 12.0. The molecule has 1 aromatic heterocycles. The highest BCUT2D eigenvalue weighted by molar-refractivity contribution is 7.99. The van der Waals surface area contributed by atoms with E-state index in [1.54, 1.807) is 0 Å². The molecule has 118 valence electrons. The van der Waals surface area contributed by atoms with Crippen molar-refractivity contribution in [3.05, 3.63) is 35.2 Å². The first-order valence-corrected chi connectivity index (χ1v) is 8.26. The van der Waals surface area contributed by atoms with Gasteiger partial charge in [0.2, 0.25) is 5.91 Å². The second-order valence-corrected chi connectivity index (χ2v) is 6.63. The fourth-order valence-electron chi connectivity index (χ4n) is 2.10. The van der Waals surface area contributed by atoms with Crippen molar-refractivity contribution in [2.45, 2.75) is 38.8 Å². The Balaban J connectivity index is 1.94. The molecule has 0 fully saturated rings. The Bertz CT molecular complexity index is 679. The molecule has 22 heavy (non-hydrogen) atoms. The number of amides is 1. The van der Waals surface area contributed by atoms with Gasteiger partial charge in [0.1, 0.15) is 5.82 Å². The zero-order valence-electron chi connectivity index (χ0n) is 13.7. The smallest absolute Gasteiger partial charge is 0.234 e. The molecule has 0 aliphatic carbocycles. The number of benzene rings is 1. The van der Waals surface area contributed by atoms with Crippen LogP contribution in [0.5, 0.6) is 0 Å². The van der Waals surface area contributed by atoms with Crippen molar-refractivity contribution in [1.82, 2.24) is 14.8 Å². The largest absolute Gasteiger partial charge is 0.325 e. The van der Waals surface area contributed by atoms with Gasteiger partial charge >= 0.3 is 0 Å². The summed E-state index contributed by atoms with van der Waals surface area (Å²) in [6.45, 7) is 8.24. The molecule has 2 aromatic rings. The van der Waals surface area contributed by atoms with Crippen molar-refractivity contribution in [2.24, 2.45) is 7.05 Å². The molecule has 0 aliphatic heterocycles. The van der Waals surface area contributed by atoms with Crippen LogP contribution in [-0.4, -0.2) is 26.4 Å². The zero-order valence-corrected chi connectivity index (χ0v) is 14.5. The number of nitrogens with zero attached hydrogens (tertiary/aromatic N) is 3. The van der Waals surface area contributed by atoms with Crippen LogP contribution in [0.2, 0.25) is 0 Å². The normalized spacial score (nSPS) is 11.0. The maximum Gasteiger partial charge on any atom is 0.234 e. The Morgan fingerprint density at radius 1 is 1.27 bits per heavy atom. The number of hydrogen-bond donors (Lipinski definition) is 1. The quantitative estimate of drug-likeness (QED) is 0.860. The van der Waals surface area contributed by atoms with Gasteiger partial charge in [0.15, 0.2) is 5.16 Å². The van der Waals surface area contributed by atoms with Gasteiger partial charge in [-0.05, 0) is 37.1 Å². The van der Waals surface area contributed by atoms with Crippen molar-refractivity contribution >= 4 is 23.4 Å². The predicted molar refractivity (Wildman–Crippen MR) is 90.4 cm³/mol. The summed E-state index contributed by atoms with van der Waals surface area (Å²) in [6.07, 6.45) is 0. The Hall–Kier alpha value is -1.82. The maximum absolute atomic E-state index is 12.0. The SMILES string of the molecule is Cc1ccc(NC(=O)CSc2nnc(C(C)C)n2C)cc1C. The number of nitrogens with one attached hydrogen (secondary N) is 1. The summed E-state index contributed by atoms with van der Waals surface area (Å²) in [6, 6.07) is 5.91. The van der Waals surface area contributed by atoms with Crippen LogP contribution in [-0.2, 0) is 11.8 Å². The first-order chi connectivity index (χ1) is 10.4. The number of thioether (sulfide) groups is 1. The lowest BCUT2D eigenvalue weighted by Gasteiger charge is -2.08. The summed E-state index contributed by atoms with van der Waals surface area (Å²) >= 11 is 1.40. The van der Waals surface area contributed by atoms with Gasteiger partial charge in [-0.15, -0.1) is 10.2 Å². The number of hydrogen-bond acceptors (Lipinski definition) is 4. The second-order valence-electron chi connectivity index (χ2n) is 5.69. The third-order valence-corrected chi connectivity index (χ3v) is 4.53. The van der Waals surface area contributed by atoms with Crippen molar-refractivity contribution in [1.29, 1.82) is 0 Å². The minimum absolute atomic E-state index is 0.0395. The number of carbonyl (C=O) groups excluding carboxylic acids is 1. The van der Waals surface area contributed by atoms with Crippen LogP contribution >= 0.6 is 11.8 Å². The molecule has 0 spiro atoms. The van der Waals surface area contributed by atoms with Gasteiger partial charge in [-0.1, -0.05) is 31.7 Å². The molecule has 1 amide bonds. The molecule has 0 saturated heterocycles. The number of anilines is 1. The molecule has 0 unspecified atom stereocenters. The van der Waals surface area contributed by atoms with E-state index >= 15 is 0 Å². The molecular formula is C16H22N4OS. The van der Waals surface area contributed by atoms with E-state index in [9.17, 15) is 4.79 Å². The van der Waals surface area contributed by atoms with Crippen molar-refractivity contribution in [2.75, 3.05) is 11.1 Å². The minimum atomic E-state index is -0.0395. The first-order valence-electron chi connectivity index (χ1n) is 7.27. The Morgan fingerprint density at radius 3 is 2.59 bits per heavy atom. The maximum atomic E-state index is 12.0. The topological polar surface area (TPSA) is 59.8 Å². The summed E-state index contributed by atoms with van der Waals surface area (Å²) in [5, 5.41) is 12.0. The molecule has 1 heterocycles. The van der Waals surface area contributed by atoms with Gasteiger partial charge in [0, 0.05) is 18.7 Å². The van der Waals surface area contributed by atoms with Crippen LogP contribution in [0.1, 0.15) is 36.7 Å². The molecule has 2 rings (SSSR count). The summed E-state index contributed by atoms with van der Waals surface area (Å²) in [5.41, 5.74) is 3.21. The standard InChI is InChI=1S/C16H22N4OS/c1-10(2)15-18-19-16(20(15)5)22-9-14(21)17-13-7-6-11(3)12(4)8-13/h6-8,10H,9H2,1-5H3,(H,17,21). The van der Waals surface area contributed by atoms with Gasteiger partial charge in [0.25, 0.3) is 0 Å². The Morgan fingerprint density at radius 2 is 2.00 bits per heavy atom. The van der Waals surface area contributed by atoms with E-state index in [1.807, 2.05) is 36.7 Å².